The molecule has 0 saturated heterocycles. The van der Waals surface area contributed by atoms with Crippen molar-refractivity contribution in [2.45, 2.75) is 0 Å². The molecule has 0 spiro atoms. The van der Waals surface area contributed by atoms with Gasteiger partial charge < -0.3 is 26.0 Å². The van der Waals surface area contributed by atoms with E-state index < -0.39 is 11.9 Å². The minimum Gasteiger partial charge on any atom is -0.539 e. The van der Waals surface area contributed by atoms with Crippen molar-refractivity contribution in [2.75, 3.05) is 0 Å². The van der Waals surface area contributed by atoms with E-state index in [1.165, 1.54) is 0 Å². The smallest absolute Gasteiger partial charge is 0.539 e. The van der Waals surface area contributed by atoms with Crippen LogP contribution < -0.4 is 74.0 Å². The van der Waals surface area contributed by atoms with Crippen molar-refractivity contribution < 1.29 is 99.6 Å². The summed E-state index contributed by atoms with van der Waals surface area (Å²) in [7, 11) is 0. The Balaban J connectivity index is -0.0000000417. The second-order valence-corrected chi connectivity index (χ2v) is 0.593. The van der Waals surface area contributed by atoms with Gasteiger partial charge in [0.1, 0.15) is 0 Å². The maximum absolute atomic E-state index is 9.04. The van der Waals surface area contributed by atoms with E-state index in [-0.39, 0.29) is 79.8 Å². The van der Waals surface area contributed by atoms with Crippen LogP contribution in [-0.2, 0) is 9.59 Å². The molecule has 0 radical (unpaired) electrons. The molecule has 0 fully saturated rings. The standard InChI is InChI=1S/C2H2O4.Cs.2H2O/c3-1(4)2(5)6;;;/h(H,3,4)(H,5,6);;2*1H2/q;+1;;/p-1. The van der Waals surface area contributed by atoms with Crippen LogP contribution in [0.2, 0.25) is 0 Å². The Morgan fingerprint density at radius 3 is 1.33 bits per heavy atom. The van der Waals surface area contributed by atoms with Crippen molar-refractivity contribution >= 4 is 11.9 Å². The Morgan fingerprint density at radius 2 is 1.33 bits per heavy atom. The zero-order chi connectivity index (χ0) is 5.15. The molecule has 0 saturated carbocycles. The number of rotatable bonds is 0. The van der Waals surface area contributed by atoms with E-state index in [0.717, 1.165) is 0 Å². The summed E-state index contributed by atoms with van der Waals surface area (Å²) in [4.78, 5) is 18.0. The SMILES string of the molecule is O.O.O=C([O-])C(=O)O.[Cs+]. The minimum absolute atomic E-state index is 0. The first-order chi connectivity index (χ1) is 2.64. The van der Waals surface area contributed by atoms with E-state index in [2.05, 4.69) is 0 Å². The van der Waals surface area contributed by atoms with E-state index in [1.807, 2.05) is 0 Å². The maximum Gasteiger partial charge on any atom is 1.00 e. The summed E-state index contributed by atoms with van der Waals surface area (Å²) in [6.07, 6.45) is 0. The van der Waals surface area contributed by atoms with Crippen LogP contribution in [0, 0.1) is 0 Å². The molecule has 0 bridgehead atoms. The van der Waals surface area contributed by atoms with Gasteiger partial charge in [-0.05, 0) is 0 Å². The third-order valence-corrected chi connectivity index (χ3v) is 0.175. The fourth-order valence-corrected chi connectivity index (χ4v) is 0. The van der Waals surface area contributed by atoms with Crippen LogP contribution >= 0.6 is 0 Å². The predicted octanol–water partition coefficient (Wildman–Crippen LogP) is -6.82. The molecular weight excluding hydrogens is 253 g/mol. The number of hydrogen-bond acceptors (Lipinski definition) is 3. The summed E-state index contributed by atoms with van der Waals surface area (Å²) in [5, 5.41) is 16.3. The van der Waals surface area contributed by atoms with Gasteiger partial charge in [-0.2, -0.15) is 0 Å². The van der Waals surface area contributed by atoms with Crippen LogP contribution in [0.5, 0.6) is 0 Å². The number of aliphatic carboxylic acids is 2. The summed E-state index contributed by atoms with van der Waals surface area (Å²) < 4.78 is 0. The molecule has 50 valence electrons. The fourth-order valence-electron chi connectivity index (χ4n) is 0. The maximum atomic E-state index is 9.04. The number of carbonyl (C=O) groups is 2. The molecular formula is C2H5CsO6. The third kappa shape index (κ3) is 17.6. The quantitative estimate of drug-likeness (QED) is 0.431. The molecule has 7 heteroatoms. The molecule has 0 rings (SSSR count). The second kappa shape index (κ2) is 11.7. The number of hydrogen-bond donors (Lipinski definition) is 1. The average molecular weight is 258 g/mol. The number of carboxylic acids is 2. The zero-order valence-electron chi connectivity index (χ0n) is 4.67. The van der Waals surface area contributed by atoms with Crippen molar-refractivity contribution in [1.29, 1.82) is 0 Å². The van der Waals surface area contributed by atoms with Crippen LogP contribution in [-0.4, -0.2) is 28.0 Å². The van der Waals surface area contributed by atoms with E-state index in [1.54, 1.807) is 0 Å². The first-order valence-electron chi connectivity index (χ1n) is 1.09. The molecule has 0 atom stereocenters. The summed E-state index contributed by atoms with van der Waals surface area (Å²) in [5.41, 5.74) is 0. The molecule has 0 amide bonds. The van der Waals surface area contributed by atoms with Gasteiger partial charge in [-0.1, -0.05) is 0 Å². The van der Waals surface area contributed by atoms with E-state index >= 15 is 0 Å². The van der Waals surface area contributed by atoms with Crippen LogP contribution in [0.1, 0.15) is 0 Å². The molecule has 0 aromatic heterocycles. The Labute approximate surface area is 109 Å². The van der Waals surface area contributed by atoms with Crippen molar-refractivity contribution in [1.82, 2.24) is 0 Å². The van der Waals surface area contributed by atoms with Gasteiger partial charge >= 0.3 is 74.9 Å². The first kappa shape index (κ1) is 22.5. The van der Waals surface area contributed by atoms with Gasteiger partial charge in [-0.15, -0.1) is 0 Å². The Hall–Kier alpha value is 0.912. The summed E-state index contributed by atoms with van der Waals surface area (Å²) in [6.45, 7) is 0. The summed E-state index contributed by atoms with van der Waals surface area (Å²) >= 11 is 0. The van der Waals surface area contributed by atoms with E-state index in [4.69, 9.17) is 19.8 Å². The second-order valence-electron chi connectivity index (χ2n) is 0.593. The van der Waals surface area contributed by atoms with Crippen molar-refractivity contribution in [3.63, 3.8) is 0 Å². The average Bonchev–Trinajstić information content (AvgIpc) is 1.36. The Morgan fingerprint density at radius 1 is 1.22 bits per heavy atom. The molecule has 9 heavy (non-hydrogen) atoms. The van der Waals surface area contributed by atoms with Crippen LogP contribution in [0.4, 0.5) is 0 Å². The fraction of sp³-hybridized carbons (Fsp3) is 0. The van der Waals surface area contributed by atoms with Gasteiger partial charge in [0.05, 0.1) is 0 Å². The van der Waals surface area contributed by atoms with Gasteiger partial charge in [-0.3, -0.25) is 0 Å². The molecule has 0 unspecified atom stereocenters. The summed E-state index contributed by atoms with van der Waals surface area (Å²) in [5.74, 6) is -4.01. The molecule has 5 N–H and O–H groups in total. The van der Waals surface area contributed by atoms with Crippen molar-refractivity contribution in [3.8, 4) is 0 Å². The molecule has 0 aromatic carbocycles. The molecule has 6 nitrogen and oxygen atoms in total. The Bertz CT molecular complexity index is 77.1. The normalized spacial score (nSPS) is 4.89. The predicted molar refractivity (Wildman–Crippen MR) is 19.9 cm³/mol. The largest absolute Gasteiger partial charge is 1.00 e. The van der Waals surface area contributed by atoms with Gasteiger partial charge in [0, 0.05) is 0 Å². The molecule has 0 aliphatic carbocycles. The van der Waals surface area contributed by atoms with Gasteiger partial charge in [0.2, 0.25) is 0 Å². The van der Waals surface area contributed by atoms with Crippen molar-refractivity contribution in [3.05, 3.63) is 0 Å². The van der Waals surface area contributed by atoms with Crippen molar-refractivity contribution in [2.24, 2.45) is 0 Å². The van der Waals surface area contributed by atoms with Gasteiger partial charge in [-0.25, -0.2) is 4.79 Å². The molecule has 0 aromatic rings. The number of carbonyl (C=O) groups excluding carboxylic acids is 1. The monoisotopic (exact) mass is 258 g/mol. The van der Waals surface area contributed by atoms with Crippen LogP contribution in [0.15, 0.2) is 0 Å². The molecule has 0 aliphatic rings. The summed E-state index contributed by atoms with van der Waals surface area (Å²) in [6, 6.07) is 0. The third-order valence-electron chi connectivity index (χ3n) is 0.175. The van der Waals surface area contributed by atoms with Gasteiger partial charge in [0.25, 0.3) is 0 Å². The minimum atomic E-state index is -2.07. The van der Waals surface area contributed by atoms with Crippen LogP contribution in [0.3, 0.4) is 0 Å². The Kier molecular flexibility index (Phi) is 29.2. The molecule has 0 aliphatic heterocycles. The zero-order valence-corrected chi connectivity index (χ0v) is 11.0. The number of carboxylic acid groups (broad SMARTS) is 2. The topological polar surface area (TPSA) is 140 Å². The van der Waals surface area contributed by atoms with E-state index in [0.29, 0.717) is 0 Å². The van der Waals surface area contributed by atoms with Crippen LogP contribution in [0.25, 0.3) is 0 Å². The van der Waals surface area contributed by atoms with Gasteiger partial charge in [0.15, 0.2) is 5.97 Å². The molecule has 0 heterocycles. The van der Waals surface area contributed by atoms with E-state index in [9.17, 15) is 0 Å². The first-order valence-corrected chi connectivity index (χ1v) is 1.09.